The van der Waals surface area contributed by atoms with Gasteiger partial charge in [-0.1, -0.05) is 24.0 Å². The summed E-state index contributed by atoms with van der Waals surface area (Å²) in [6.07, 6.45) is 0. The Morgan fingerprint density at radius 2 is 1.82 bits per heavy atom. The summed E-state index contributed by atoms with van der Waals surface area (Å²) < 4.78 is 44.7. The van der Waals surface area contributed by atoms with E-state index in [9.17, 15) is 12.8 Å². The van der Waals surface area contributed by atoms with Crippen LogP contribution in [0.15, 0.2) is 53.4 Å². The van der Waals surface area contributed by atoms with E-state index in [4.69, 9.17) is 4.74 Å². The minimum atomic E-state index is -3.65. The summed E-state index contributed by atoms with van der Waals surface area (Å²) in [4.78, 5) is 0.112. The van der Waals surface area contributed by atoms with Crippen molar-refractivity contribution in [3.05, 3.63) is 59.9 Å². The van der Waals surface area contributed by atoms with Gasteiger partial charge in [-0.3, -0.25) is 0 Å². The Bertz CT molecular complexity index is 805. The Hall–Kier alpha value is -2.36. The molecule has 0 fully saturated rings. The van der Waals surface area contributed by atoms with Crippen LogP contribution in [0.25, 0.3) is 0 Å². The van der Waals surface area contributed by atoms with Gasteiger partial charge >= 0.3 is 0 Å². The Balaban J connectivity index is 2.03. The number of benzene rings is 2. The molecule has 22 heavy (non-hydrogen) atoms. The van der Waals surface area contributed by atoms with Crippen LogP contribution in [-0.4, -0.2) is 22.1 Å². The van der Waals surface area contributed by atoms with Gasteiger partial charge in [0.15, 0.2) is 0 Å². The van der Waals surface area contributed by atoms with Gasteiger partial charge in [-0.2, -0.15) is 4.72 Å². The molecule has 1 N–H and O–H groups in total. The lowest BCUT2D eigenvalue weighted by atomic mass is 10.2. The molecule has 0 atom stereocenters. The molecule has 2 aromatic rings. The van der Waals surface area contributed by atoms with E-state index < -0.39 is 15.8 Å². The Labute approximate surface area is 129 Å². The highest BCUT2D eigenvalue weighted by molar-refractivity contribution is 7.89. The van der Waals surface area contributed by atoms with E-state index in [1.807, 2.05) is 0 Å². The maximum atomic E-state index is 13.3. The van der Waals surface area contributed by atoms with Gasteiger partial charge in [0.05, 0.1) is 24.1 Å². The summed E-state index contributed by atoms with van der Waals surface area (Å²) in [7, 11) is -2.15. The van der Waals surface area contributed by atoms with Gasteiger partial charge in [0, 0.05) is 0 Å². The van der Waals surface area contributed by atoms with Crippen molar-refractivity contribution < 1.29 is 17.5 Å². The first-order chi connectivity index (χ1) is 10.5. The zero-order chi connectivity index (χ0) is 16.0. The maximum Gasteiger partial charge on any atom is 0.241 e. The molecule has 2 rings (SSSR count). The third-order valence-electron chi connectivity index (χ3n) is 2.82. The second-order valence-electron chi connectivity index (χ2n) is 4.28. The number of halogens is 1. The lowest BCUT2D eigenvalue weighted by molar-refractivity contribution is 0.414. The van der Waals surface area contributed by atoms with Crippen LogP contribution >= 0.6 is 0 Å². The van der Waals surface area contributed by atoms with Crippen LogP contribution < -0.4 is 9.46 Å². The number of hydrogen-bond donors (Lipinski definition) is 1. The molecule has 0 bridgehead atoms. The molecule has 0 aromatic heterocycles. The molecule has 0 saturated carbocycles. The van der Waals surface area contributed by atoms with Crippen LogP contribution in [0.4, 0.5) is 4.39 Å². The Kier molecular flexibility index (Phi) is 5.15. The minimum absolute atomic E-state index is 0.108. The standard InChI is InChI=1S/C16H14FNO3S/c1-21-14-8-10-15(11-9-14)22(19,20)18-12-4-6-13-5-2-3-7-16(13)17/h2-3,5,7-11,18H,12H2,1H3. The van der Waals surface area contributed by atoms with E-state index in [2.05, 4.69) is 16.6 Å². The molecule has 114 valence electrons. The van der Waals surface area contributed by atoms with Gasteiger partial charge in [-0.15, -0.1) is 0 Å². The number of nitrogens with one attached hydrogen (secondary N) is 1. The van der Waals surface area contributed by atoms with Crippen LogP contribution in [0.2, 0.25) is 0 Å². The first kappa shape index (κ1) is 16.0. The van der Waals surface area contributed by atoms with Crippen molar-refractivity contribution >= 4 is 10.0 Å². The Morgan fingerprint density at radius 1 is 1.14 bits per heavy atom. The fourth-order valence-corrected chi connectivity index (χ4v) is 2.59. The van der Waals surface area contributed by atoms with Crippen LogP contribution in [0.5, 0.6) is 5.75 Å². The number of ether oxygens (including phenoxy) is 1. The van der Waals surface area contributed by atoms with Crippen molar-refractivity contribution in [3.8, 4) is 17.6 Å². The summed E-state index contributed by atoms with van der Waals surface area (Å²) in [6, 6.07) is 12.0. The largest absolute Gasteiger partial charge is 0.497 e. The van der Waals surface area contributed by atoms with Crippen molar-refractivity contribution in [1.29, 1.82) is 0 Å². The van der Waals surface area contributed by atoms with Crippen LogP contribution in [0.1, 0.15) is 5.56 Å². The van der Waals surface area contributed by atoms with Crippen molar-refractivity contribution in [2.45, 2.75) is 4.90 Å². The number of hydrogen-bond acceptors (Lipinski definition) is 3. The lowest BCUT2D eigenvalue weighted by Crippen LogP contribution is -2.23. The van der Waals surface area contributed by atoms with Crippen molar-refractivity contribution in [1.82, 2.24) is 4.72 Å². The highest BCUT2D eigenvalue weighted by Crippen LogP contribution is 2.14. The van der Waals surface area contributed by atoms with E-state index in [1.165, 1.54) is 31.4 Å². The molecule has 4 nitrogen and oxygen atoms in total. The van der Waals surface area contributed by atoms with Crippen molar-refractivity contribution in [2.24, 2.45) is 0 Å². The molecule has 0 aliphatic heterocycles. The number of sulfonamides is 1. The number of rotatable bonds is 4. The predicted molar refractivity (Wildman–Crippen MR) is 81.5 cm³/mol. The summed E-state index contributed by atoms with van der Waals surface area (Å²) in [6.45, 7) is -0.108. The first-order valence-electron chi connectivity index (χ1n) is 6.40. The molecule has 0 saturated heterocycles. The third-order valence-corrected chi connectivity index (χ3v) is 4.23. The second kappa shape index (κ2) is 7.07. The normalized spacial score (nSPS) is 10.6. The zero-order valence-corrected chi connectivity index (χ0v) is 12.7. The molecule has 0 aliphatic rings. The quantitative estimate of drug-likeness (QED) is 0.879. The van der Waals surface area contributed by atoms with Gasteiger partial charge in [0.1, 0.15) is 11.6 Å². The molecular formula is C16H14FNO3S. The lowest BCUT2D eigenvalue weighted by Gasteiger charge is -2.05. The summed E-state index contributed by atoms with van der Waals surface area (Å²) in [5, 5.41) is 0. The van der Waals surface area contributed by atoms with Gasteiger partial charge in [-0.05, 0) is 36.4 Å². The Morgan fingerprint density at radius 3 is 2.45 bits per heavy atom. The van der Waals surface area contributed by atoms with E-state index in [1.54, 1.807) is 24.3 Å². The van der Waals surface area contributed by atoms with Gasteiger partial charge in [0.2, 0.25) is 10.0 Å². The monoisotopic (exact) mass is 319 g/mol. The van der Waals surface area contributed by atoms with Crippen LogP contribution in [0.3, 0.4) is 0 Å². The number of methoxy groups -OCH3 is 1. The van der Waals surface area contributed by atoms with Gasteiger partial charge in [-0.25, -0.2) is 12.8 Å². The fourth-order valence-electron chi connectivity index (χ4n) is 1.67. The van der Waals surface area contributed by atoms with E-state index in [0.29, 0.717) is 5.75 Å². The van der Waals surface area contributed by atoms with E-state index in [0.717, 1.165) is 0 Å². The molecule has 0 heterocycles. The average Bonchev–Trinajstić information content (AvgIpc) is 2.53. The molecule has 0 amide bonds. The summed E-state index contributed by atoms with van der Waals surface area (Å²) in [5.41, 5.74) is 0.228. The average molecular weight is 319 g/mol. The van der Waals surface area contributed by atoms with E-state index >= 15 is 0 Å². The minimum Gasteiger partial charge on any atom is -0.497 e. The smallest absolute Gasteiger partial charge is 0.241 e. The first-order valence-corrected chi connectivity index (χ1v) is 7.88. The van der Waals surface area contributed by atoms with Gasteiger partial charge < -0.3 is 4.74 Å². The highest BCUT2D eigenvalue weighted by Gasteiger charge is 2.12. The molecule has 2 aromatic carbocycles. The van der Waals surface area contributed by atoms with Crippen molar-refractivity contribution in [3.63, 3.8) is 0 Å². The summed E-state index contributed by atoms with van der Waals surface area (Å²) >= 11 is 0. The van der Waals surface area contributed by atoms with E-state index in [-0.39, 0.29) is 17.0 Å². The van der Waals surface area contributed by atoms with Crippen LogP contribution in [0, 0.1) is 17.7 Å². The van der Waals surface area contributed by atoms with Crippen LogP contribution in [-0.2, 0) is 10.0 Å². The molecule has 0 radical (unpaired) electrons. The molecule has 0 unspecified atom stereocenters. The molecule has 0 aliphatic carbocycles. The zero-order valence-electron chi connectivity index (χ0n) is 11.8. The highest BCUT2D eigenvalue weighted by atomic mass is 32.2. The second-order valence-corrected chi connectivity index (χ2v) is 6.05. The van der Waals surface area contributed by atoms with Gasteiger partial charge in [0.25, 0.3) is 0 Å². The topological polar surface area (TPSA) is 55.4 Å². The third kappa shape index (κ3) is 4.07. The molecule has 6 heteroatoms. The fraction of sp³-hybridized carbons (Fsp3) is 0.125. The predicted octanol–water partition coefficient (Wildman–Crippen LogP) is 2.16. The SMILES string of the molecule is COc1ccc(S(=O)(=O)NCC#Cc2ccccc2F)cc1. The summed E-state index contributed by atoms with van der Waals surface area (Å²) in [5.74, 6) is 5.30. The molecule has 0 spiro atoms. The maximum absolute atomic E-state index is 13.3. The van der Waals surface area contributed by atoms with Crippen molar-refractivity contribution in [2.75, 3.05) is 13.7 Å². The molecular weight excluding hydrogens is 305 g/mol.